The molecule has 0 spiro atoms. The predicted molar refractivity (Wildman–Crippen MR) is 96.9 cm³/mol. The first kappa shape index (κ1) is 19.6. The average molecular weight is 378 g/mol. The summed E-state index contributed by atoms with van der Waals surface area (Å²) in [7, 11) is 1.47. The lowest BCUT2D eigenvalue weighted by Gasteiger charge is -2.11. The van der Waals surface area contributed by atoms with Gasteiger partial charge in [-0.05, 0) is 37.3 Å². The van der Waals surface area contributed by atoms with Crippen molar-refractivity contribution in [1.82, 2.24) is 10.9 Å². The summed E-state index contributed by atoms with van der Waals surface area (Å²) < 4.78 is 24.1. The molecule has 0 heterocycles. The summed E-state index contributed by atoms with van der Waals surface area (Å²) >= 11 is 1.04. The molecule has 2 aromatic carbocycles. The van der Waals surface area contributed by atoms with Crippen molar-refractivity contribution in [3.05, 3.63) is 53.8 Å². The van der Waals surface area contributed by atoms with Gasteiger partial charge in [0.2, 0.25) is 5.91 Å². The molecule has 0 bridgehead atoms. The Morgan fingerprint density at radius 2 is 1.88 bits per heavy atom. The molecule has 26 heavy (non-hydrogen) atoms. The number of hydrogen-bond donors (Lipinski definition) is 2. The molecule has 2 rings (SSSR count). The average Bonchev–Trinajstić information content (AvgIpc) is 2.66. The highest BCUT2D eigenvalue weighted by atomic mass is 32.2. The molecule has 0 saturated carbocycles. The van der Waals surface area contributed by atoms with E-state index < -0.39 is 17.6 Å². The maximum atomic E-state index is 13.5. The molecule has 8 heteroatoms. The molecule has 0 saturated heterocycles. The van der Waals surface area contributed by atoms with Gasteiger partial charge in [0.25, 0.3) is 5.91 Å². The fraction of sp³-hybridized carbons (Fsp3) is 0.222. The van der Waals surface area contributed by atoms with Crippen molar-refractivity contribution in [2.24, 2.45) is 0 Å². The molecule has 0 unspecified atom stereocenters. The van der Waals surface area contributed by atoms with Crippen molar-refractivity contribution in [2.75, 3.05) is 19.5 Å². The van der Waals surface area contributed by atoms with Gasteiger partial charge in [-0.3, -0.25) is 20.4 Å². The van der Waals surface area contributed by atoms with Crippen LogP contribution >= 0.6 is 11.8 Å². The third kappa shape index (κ3) is 5.38. The minimum atomic E-state index is -0.504. The lowest BCUT2D eigenvalue weighted by atomic mass is 10.2. The van der Waals surface area contributed by atoms with Crippen molar-refractivity contribution >= 4 is 23.6 Å². The summed E-state index contributed by atoms with van der Waals surface area (Å²) in [6.45, 7) is 2.31. The first-order valence-electron chi connectivity index (χ1n) is 7.82. The monoisotopic (exact) mass is 378 g/mol. The Balaban J connectivity index is 1.87. The molecule has 0 aliphatic carbocycles. The van der Waals surface area contributed by atoms with Crippen LogP contribution in [0, 0.1) is 5.82 Å². The van der Waals surface area contributed by atoms with Gasteiger partial charge in [-0.1, -0.05) is 12.1 Å². The summed E-state index contributed by atoms with van der Waals surface area (Å²) in [6.07, 6.45) is 0. The summed E-state index contributed by atoms with van der Waals surface area (Å²) in [5.41, 5.74) is 4.90. The first-order valence-corrected chi connectivity index (χ1v) is 8.81. The number of carbonyl (C=O) groups excluding carboxylic acids is 2. The molecule has 0 radical (unpaired) electrons. The topological polar surface area (TPSA) is 76.7 Å². The number of thioether (sulfide) groups is 1. The maximum Gasteiger partial charge on any atom is 0.269 e. The number of hydrogen-bond acceptors (Lipinski definition) is 5. The number of ether oxygens (including phenoxy) is 2. The number of nitrogens with one attached hydrogen (secondary N) is 2. The van der Waals surface area contributed by atoms with E-state index in [0.29, 0.717) is 28.6 Å². The Labute approximate surface area is 155 Å². The summed E-state index contributed by atoms with van der Waals surface area (Å²) in [6, 6.07) is 10.9. The second kappa shape index (κ2) is 9.67. The van der Waals surface area contributed by atoms with Gasteiger partial charge in [-0.2, -0.15) is 0 Å². The number of amides is 2. The molecule has 0 aliphatic rings. The SMILES string of the molecule is CCOc1ccc(C(=O)NNC(=O)CSc2ccccc2F)cc1OC. The van der Waals surface area contributed by atoms with E-state index in [1.54, 1.807) is 30.3 Å². The van der Waals surface area contributed by atoms with Crippen LogP contribution in [-0.4, -0.2) is 31.3 Å². The van der Waals surface area contributed by atoms with Gasteiger partial charge in [0, 0.05) is 10.5 Å². The van der Waals surface area contributed by atoms with Crippen molar-refractivity contribution in [3.8, 4) is 11.5 Å². The molecule has 0 aliphatic heterocycles. The predicted octanol–water partition coefficient (Wildman–Crippen LogP) is 2.79. The van der Waals surface area contributed by atoms with Crippen LogP contribution in [0.2, 0.25) is 0 Å². The fourth-order valence-corrected chi connectivity index (χ4v) is 2.76. The van der Waals surface area contributed by atoms with Gasteiger partial charge in [-0.25, -0.2) is 4.39 Å². The Hall–Kier alpha value is -2.74. The Bertz CT molecular complexity index is 786. The number of benzene rings is 2. The summed E-state index contributed by atoms with van der Waals surface area (Å²) in [4.78, 5) is 24.3. The van der Waals surface area contributed by atoms with Crippen LogP contribution in [0.5, 0.6) is 11.5 Å². The van der Waals surface area contributed by atoms with Gasteiger partial charge in [0.05, 0.1) is 19.5 Å². The Kier molecular flexibility index (Phi) is 7.28. The van der Waals surface area contributed by atoms with Crippen molar-refractivity contribution in [3.63, 3.8) is 0 Å². The summed E-state index contributed by atoms with van der Waals surface area (Å²) in [5.74, 6) is -0.443. The maximum absolute atomic E-state index is 13.5. The highest BCUT2D eigenvalue weighted by molar-refractivity contribution is 8.00. The largest absolute Gasteiger partial charge is 0.493 e. The minimum absolute atomic E-state index is 0.0339. The first-order chi connectivity index (χ1) is 12.5. The van der Waals surface area contributed by atoms with E-state index in [9.17, 15) is 14.0 Å². The number of halogens is 1. The van der Waals surface area contributed by atoms with Gasteiger partial charge < -0.3 is 9.47 Å². The van der Waals surface area contributed by atoms with Gasteiger partial charge in [-0.15, -0.1) is 11.8 Å². The molecule has 138 valence electrons. The highest BCUT2D eigenvalue weighted by Crippen LogP contribution is 2.28. The molecular weight excluding hydrogens is 359 g/mol. The molecule has 0 fully saturated rings. The van der Waals surface area contributed by atoms with E-state index in [4.69, 9.17) is 9.47 Å². The second-order valence-electron chi connectivity index (χ2n) is 5.02. The van der Waals surface area contributed by atoms with Crippen LogP contribution in [-0.2, 0) is 4.79 Å². The zero-order valence-electron chi connectivity index (χ0n) is 14.4. The molecule has 0 aromatic heterocycles. The van der Waals surface area contributed by atoms with E-state index >= 15 is 0 Å². The number of methoxy groups -OCH3 is 1. The smallest absolute Gasteiger partial charge is 0.269 e. The molecule has 0 atom stereocenters. The quantitative estimate of drug-likeness (QED) is 0.572. The van der Waals surface area contributed by atoms with E-state index in [0.717, 1.165) is 11.8 Å². The van der Waals surface area contributed by atoms with E-state index in [2.05, 4.69) is 10.9 Å². The van der Waals surface area contributed by atoms with Crippen molar-refractivity contribution in [1.29, 1.82) is 0 Å². The van der Waals surface area contributed by atoms with Gasteiger partial charge in [0.1, 0.15) is 5.82 Å². The van der Waals surface area contributed by atoms with Crippen molar-refractivity contribution in [2.45, 2.75) is 11.8 Å². The number of rotatable bonds is 7. The van der Waals surface area contributed by atoms with Crippen LogP contribution < -0.4 is 20.3 Å². The normalized spacial score (nSPS) is 10.1. The van der Waals surface area contributed by atoms with Crippen molar-refractivity contribution < 1.29 is 23.5 Å². The highest BCUT2D eigenvalue weighted by Gasteiger charge is 2.12. The molecule has 2 amide bonds. The van der Waals surface area contributed by atoms with E-state index in [-0.39, 0.29) is 5.75 Å². The summed E-state index contributed by atoms with van der Waals surface area (Å²) in [5, 5.41) is 0. The molecule has 2 N–H and O–H groups in total. The van der Waals surface area contributed by atoms with Crippen LogP contribution in [0.4, 0.5) is 4.39 Å². The van der Waals surface area contributed by atoms with Crippen LogP contribution in [0.1, 0.15) is 17.3 Å². The van der Waals surface area contributed by atoms with E-state index in [1.165, 1.54) is 19.2 Å². The minimum Gasteiger partial charge on any atom is -0.493 e. The van der Waals surface area contributed by atoms with Gasteiger partial charge in [0.15, 0.2) is 11.5 Å². The molecule has 2 aromatic rings. The third-order valence-corrected chi connectivity index (χ3v) is 4.29. The molecular formula is C18H19FN2O4S. The Morgan fingerprint density at radius 3 is 2.58 bits per heavy atom. The lowest BCUT2D eigenvalue weighted by Crippen LogP contribution is -2.42. The Morgan fingerprint density at radius 1 is 1.12 bits per heavy atom. The van der Waals surface area contributed by atoms with Crippen LogP contribution in [0.3, 0.4) is 0 Å². The molecule has 6 nitrogen and oxygen atoms in total. The lowest BCUT2D eigenvalue weighted by molar-refractivity contribution is -0.119. The van der Waals surface area contributed by atoms with E-state index in [1.807, 2.05) is 6.92 Å². The standard InChI is InChI=1S/C18H19FN2O4S/c1-3-25-14-9-8-12(10-15(14)24-2)18(23)21-20-17(22)11-26-16-7-5-4-6-13(16)19/h4-10H,3,11H2,1-2H3,(H,20,22)(H,21,23). The van der Waals surface area contributed by atoms with Gasteiger partial charge >= 0.3 is 0 Å². The second-order valence-corrected chi connectivity index (χ2v) is 6.04. The van der Waals surface area contributed by atoms with Crippen LogP contribution in [0.25, 0.3) is 0 Å². The number of hydrazine groups is 1. The zero-order chi connectivity index (χ0) is 18.9. The number of carbonyl (C=O) groups is 2. The van der Waals surface area contributed by atoms with Crippen LogP contribution in [0.15, 0.2) is 47.4 Å². The zero-order valence-corrected chi connectivity index (χ0v) is 15.2. The third-order valence-electron chi connectivity index (χ3n) is 3.24. The fourth-order valence-electron chi connectivity index (χ4n) is 2.02.